The first-order chi connectivity index (χ1) is 9.33. The second-order valence-corrected chi connectivity index (χ2v) is 8.47. The van der Waals surface area contributed by atoms with Crippen LogP contribution in [0.25, 0.3) is 0 Å². The number of sulfonamides is 1. The Morgan fingerprint density at radius 1 is 1.30 bits per heavy atom. The molecule has 0 bridgehead atoms. The van der Waals surface area contributed by atoms with Crippen LogP contribution in [0.2, 0.25) is 0 Å². The third kappa shape index (κ3) is 3.19. The summed E-state index contributed by atoms with van der Waals surface area (Å²) in [6.07, 6.45) is 4.19. The zero-order chi connectivity index (χ0) is 15.0. The van der Waals surface area contributed by atoms with Crippen LogP contribution in [0.5, 0.6) is 0 Å². The van der Waals surface area contributed by atoms with Crippen molar-refractivity contribution in [1.29, 1.82) is 0 Å². The van der Waals surface area contributed by atoms with Crippen molar-refractivity contribution in [2.24, 2.45) is 5.73 Å². The first-order valence-electron chi connectivity index (χ1n) is 6.68. The Hall–Kier alpha value is -0.560. The Labute approximate surface area is 125 Å². The maximum Gasteiger partial charge on any atom is 0.240 e. The maximum absolute atomic E-state index is 12.5. The summed E-state index contributed by atoms with van der Waals surface area (Å²) in [5, 5.41) is 0. The van der Waals surface area contributed by atoms with Gasteiger partial charge < -0.3 is 5.73 Å². The summed E-state index contributed by atoms with van der Waals surface area (Å²) >= 11 is 1.74. The molecular weight excluding hydrogens is 292 g/mol. The molecule has 1 fully saturated rings. The van der Waals surface area contributed by atoms with Crippen LogP contribution in [0.4, 0.5) is 0 Å². The van der Waals surface area contributed by atoms with E-state index in [0.29, 0.717) is 18.0 Å². The second-order valence-electron chi connectivity index (χ2n) is 5.46. The van der Waals surface area contributed by atoms with Crippen LogP contribution < -0.4 is 10.5 Å². The van der Waals surface area contributed by atoms with Crippen LogP contribution in [-0.2, 0) is 16.6 Å². The largest absolute Gasteiger partial charge is 0.326 e. The minimum atomic E-state index is -3.46. The molecule has 4 nitrogen and oxygen atoms in total. The molecule has 3 N–H and O–H groups in total. The van der Waals surface area contributed by atoms with E-state index < -0.39 is 10.0 Å². The Kier molecular flexibility index (Phi) is 4.49. The van der Waals surface area contributed by atoms with Gasteiger partial charge in [-0.15, -0.1) is 0 Å². The molecule has 0 saturated heterocycles. The fourth-order valence-corrected chi connectivity index (χ4v) is 4.50. The van der Waals surface area contributed by atoms with Crippen LogP contribution >= 0.6 is 11.8 Å². The molecule has 0 aliphatic heterocycles. The van der Waals surface area contributed by atoms with Gasteiger partial charge in [0.05, 0.1) is 4.90 Å². The molecule has 0 spiro atoms. The summed E-state index contributed by atoms with van der Waals surface area (Å²) in [5.41, 5.74) is 8.34. The number of nitrogens with one attached hydrogen (secondary N) is 1. The number of thioether (sulfide) groups is 1. The van der Waals surface area contributed by atoms with Crippen molar-refractivity contribution >= 4 is 21.8 Å². The molecule has 1 aromatic carbocycles. The molecule has 1 aliphatic rings. The Morgan fingerprint density at radius 3 is 2.45 bits per heavy atom. The van der Waals surface area contributed by atoms with Crippen molar-refractivity contribution < 1.29 is 8.42 Å². The van der Waals surface area contributed by atoms with E-state index in [9.17, 15) is 8.42 Å². The van der Waals surface area contributed by atoms with Gasteiger partial charge in [0.1, 0.15) is 0 Å². The highest BCUT2D eigenvalue weighted by Crippen LogP contribution is 2.46. The van der Waals surface area contributed by atoms with Gasteiger partial charge in [0.2, 0.25) is 10.0 Å². The number of hydrogen-bond donors (Lipinski definition) is 2. The molecule has 6 heteroatoms. The summed E-state index contributed by atoms with van der Waals surface area (Å²) in [6, 6.07) is 3.59. The van der Waals surface area contributed by atoms with Gasteiger partial charge in [-0.2, -0.15) is 11.8 Å². The maximum atomic E-state index is 12.5. The summed E-state index contributed by atoms with van der Waals surface area (Å²) < 4.78 is 27.8. The van der Waals surface area contributed by atoms with Gasteiger partial charge in [-0.1, -0.05) is 6.07 Å². The molecule has 0 amide bonds. The van der Waals surface area contributed by atoms with E-state index in [1.54, 1.807) is 17.8 Å². The van der Waals surface area contributed by atoms with E-state index in [1.165, 1.54) is 0 Å². The normalized spacial score (nSPS) is 17.2. The van der Waals surface area contributed by atoms with Crippen molar-refractivity contribution in [3.63, 3.8) is 0 Å². The summed E-state index contributed by atoms with van der Waals surface area (Å²) in [7, 11) is -3.46. The molecule has 112 valence electrons. The predicted molar refractivity (Wildman–Crippen MR) is 84.5 cm³/mol. The lowest BCUT2D eigenvalue weighted by atomic mass is 10.1. The molecule has 1 saturated carbocycles. The standard InChI is InChI=1S/C14H22N2O2S2/c1-10-6-11(2)13(7-12(10)8-15)20(17,18)16-9-14(19-3)4-5-14/h6-7,16H,4-5,8-9,15H2,1-3H3. The van der Waals surface area contributed by atoms with Gasteiger partial charge in [-0.05, 0) is 55.7 Å². The van der Waals surface area contributed by atoms with E-state index in [-0.39, 0.29) is 4.75 Å². The molecule has 20 heavy (non-hydrogen) atoms. The van der Waals surface area contributed by atoms with Gasteiger partial charge in [0.15, 0.2) is 0 Å². The lowest BCUT2D eigenvalue weighted by Crippen LogP contribution is -2.32. The zero-order valence-corrected chi connectivity index (χ0v) is 13.8. The van der Waals surface area contributed by atoms with Crippen LogP contribution in [0, 0.1) is 13.8 Å². The van der Waals surface area contributed by atoms with Gasteiger partial charge in [0.25, 0.3) is 0 Å². The third-order valence-electron chi connectivity index (χ3n) is 3.97. The van der Waals surface area contributed by atoms with Crippen LogP contribution in [0.15, 0.2) is 17.0 Å². The SMILES string of the molecule is CSC1(CNS(=O)(=O)c2cc(CN)c(C)cc2C)CC1. The van der Waals surface area contributed by atoms with Crippen molar-refractivity contribution in [1.82, 2.24) is 4.72 Å². The molecule has 2 rings (SSSR count). The molecule has 1 aromatic rings. The molecular formula is C14H22N2O2S2. The molecule has 0 atom stereocenters. The third-order valence-corrected chi connectivity index (χ3v) is 6.93. The number of rotatable bonds is 6. The predicted octanol–water partition coefficient (Wildman–Crippen LogP) is 1.94. The topological polar surface area (TPSA) is 72.2 Å². The summed E-state index contributed by atoms with van der Waals surface area (Å²) in [6.45, 7) is 4.63. The molecule has 0 heterocycles. The molecule has 0 radical (unpaired) electrons. The monoisotopic (exact) mass is 314 g/mol. The Morgan fingerprint density at radius 2 is 1.95 bits per heavy atom. The lowest BCUT2D eigenvalue weighted by molar-refractivity contribution is 0.579. The van der Waals surface area contributed by atoms with E-state index in [1.807, 2.05) is 26.2 Å². The van der Waals surface area contributed by atoms with Gasteiger partial charge in [-0.3, -0.25) is 0 Å². The summed E-state index contributed by atoms with van der Waals surface area (Å²) in [4.78, 5) is 0.348. The second kappa shape index (κ2) is 5.67. The average Bonchev–Trinajstić information content (AvgIpc) is 3.17. The van der Waals surface area contributed by atoms with Crippen LogP contribution in [-0.4, -0.2) is 26.0 Å². The number of aryl methyl sites for hydroxylation is 2. The minimum absolute atomic E-state index is 0.113. The quantitative estimate of drug-likeness (QED) is 0.841. The van der Waals surface area contributed by atoms with Crippen molar-refractivity contribution in [2.45, 2.75) is 42.9 Å². The van der Waals surface area contributed by atoms with Crippen molar-refractivity contribution in [2.75, 3.05) is 12.8 Å². The minimum Gasteiger partial charge on any atom is -0.326 e. The average molecular weight is 314 g/mol. The Bertz CT molecular complexity index is 608. The van der Waals surface area contributed by atoms with Crippen molar-refractivity contribution in [3.05, 3.63) is 28.8 Å². The Balaban J connectivity index is 2.25. The number of hydrogen-bond acceptors (Lipinski definition) is 4. The first-order valence-corrected chi connectivity index (χ1v) is 9.39. The van der Waals surface area contributed by atoms with Crippen molar-refractivity contribution in [3.8, 4) is 0 Å². The lowest BCUT2D eigenvalue weighted by Gasteiger charge is -2.16. The van der Waals surface area contributed by atoms with Crippen LogP contribution in [0.3, 0.4) is 0 Å². The number of benzene rings is 1. The van der Waals surface area contributed by atoms with Gasteiger partial charge >= 0.3 is 0 Å². The van der Waals surface area contributed by atoms with E-state index >= 15 is 0 Å². The van der Waals surface area contributed by atoms with E-state index in [4.69, 9.17) is 5.73 Å². The summed E-state index contributed by atoms with van der Waals surface area (Å²) in [5.74, 6) is 0. The first kappa shape index (κ1) is 15.8. The van der Waals surface area contributed by atoms with E-state index in [0.717, 1.165) is 29.5 Å². The number of nitrogens with two attached hydrogens (primary N) is 1. The van der Waals surface area contributed by atoms with Gasteiger partial charge in [-0.25, -0.2) is 13.1 Å². The molecule has 1 aliphatic carbocycles. The highest BCUT2D eigenvalue weighted by molar-refractivity contribution is 8.00. The smallest absolute Gasteiger partial charge is 0.240 e. The van der Waals surface area contributed by atoms with Crippen LogP contribution in [0.1, 0.15) is 29.5 Å². The zero-order valence-electron chi connectivity index (χ0n) is 12.2. The fourth-order valence-electron chi connectivity index (χ4n) is 2.28. The molecule has 0 aromatic heterocycles. The van der Waals surface area contributed by atoms with Gasteiger partial charge in [0, 0.05) is 17.8 Å². The fraction of sp³-hybridized carbons (Fsp3) is 0.571. The molecule has 0 unspecified atom stereocenters. The van der Waals surface area contributed by atoms with E-state index in [2.05, 4.69) is 4.72 Å². The highest BCUT2D eigenvalue weighted by Gasteiger charge is 2.42. The highest BCUT2D eigenvalue weighted by atomic mass is 32.2.